The topological polar surface area (TPSA) is 259 Å². The van der Waals surface area contributed by atoms with Gasteiger partial charge in [0.25, 0.3) is 0 Å². The maximum atomic E-state index is 13.5. The number of anilines is 2. The molecule has 412 valence electrons. The monoisotopic (exact) mass is 1100 g/mol. The summed E-state index contributed by atoms with van der Waals surface area (Å²) >= 11 is 2.98. The van der Waals surface area contributed by atoms with Crippen LogP contribution in [0.25, 0.3) is 20.9 Å². The number of carbonyl (C=O) groups is 3. The van der Waals surface area contributed by atoms with Crippen LogP contribution < -0.4 is 31.1 Å². The molecule has 0 spiro atoms. The number of nitrogens with zero attached hydrogens (tertiary/aromatic N) is 2. The summed E-state index contributed by atoms with van der Waals surface area (Å²) < 4.78 is 74.6. The van der Waals surface area contributed by atoms with E-state index in [1.165, 1.54) is 34.8 Å². The largest absolute Gasteiger partial charge is 0.447 e. The van der Waals surface area contributed by atoms with Crippen molar-refractivity contribution in [3.8, 4) is 20.9 Å². The Morgan fingerprint density at radius 2 is 0.986 bits per heavy atom. The highest BCUT2D eigenvalue weighted by Gasteiger charge is 2.31. The highest BCUT2D eigenvalue weighted by atomic mass is 32.2. The number of hydrogen-bond acceptors (Lipinski definition) is 15. The van der Waals surface area contributed by atoms with E-state index >= 15 is 0 Å². The fraction of sp³-hybridized carbons (Fsp3) is 0.596. The van der Waals surface area contributed by atoms with Crippen molar-refractivity contribution in [2.45, 2.75) is 211 Å². The smallest absolute Gasteiger partial charge is 0.411 e. The summed E-state index contributed by atoms with van der Waals surface area (Å²) in [6.45, 7) is 23.1. The van der Waals surface area contributed by atoms with Crippen LogP contribution in [0.2, 0.25) is 0 Å². The summed E-state index contributed by atoms with van der Waals surface area (Å²) in [6.07, 6.45) is 8.38. The van der Waals surface area contributed by atoms with E-state index in [1.54, 1.807) is 106 Å². The maximum absolute atomic E-state index is 13.5. The van der Waals surface area contributed by atoms with Gasteiger partial charge in [0.1, 0.15) is 5.60 Å². The molecule has 0 saturated heterocycles. The van der Waals surface area contributed by atoms with Gasteiger partial charge in [-0.3, -0.25) is 10.6 Å². The third-order valence-corrected chi connectivity index (χ3v) is 17.1. The number of ether oxygens (including phenoxy) is 3. The molecule has 0 radical (unpaired) electrons. The lowest BCUT2D eigenvalue weighted by Gasteiger charge is -2.29. The number of alkyl carbamates (subject to hydrolysis) is 1. The molecular formula is C52H80N8O10S4. The second-order valence-electron chi connectivity index (χ2n) is 22.2. The van der Waals surface area contributed by atoms with Gasteiger partial charge >= 0.3 is 18.3 Å². The Labute approximate surface area is 447 Å². The zero-order chi connectivity index (χ0) is 54.3. The number of aromatic nitrogens is 2. The molecule has 2 saturated carbocycles. The van der Waals surface area contributed by atoms with Crippen LogP contribution in [0.4, 0.5) is 25.8 Å². The molecule has 2 aromatic carbocycles. The molecule has 2 heterocycles. The fourth-order valence-electron chi connectivity index (χ4n) is 8.22. The van der Waals surface area contributed by atoms with Crippen LogP contribution in [0.3, 0.4) is 0 Å². The molecule has 18 nitrogen and oxygen atoms in total. The van der Waals surface area contributed by atoms with E-state index in [0.717, 1.165) is 71.1 Å². The summed E-state index contributed by atoms with van der Waals surface area (Å²) in [5, 5.41) is 10.1. The first-order chi connectivity index (χ1) is 33.8. The lowest BCUT2D eigenvalue weighted by atomic mass is 9.86. The molecule has 0 unspecified atom stereocenters. The van der Waals surface area contributed by atoms with Gasteiger partial charge in [0.2, 0.25) is 20.0 Å². The number of nitrogens with one attached hydrogen (secondary N) is 5. The summed E-state index contributed by atoms with van der Waals surface area (Å²) in [5.41, 5.74) is 5.81. The molecule has 0 atom stereocenters. The minimum atomic E-state index is -3.94. The van der Waals surface area contributed by atoms with E-state index < -0.39 is 55.0 Å². The van der Waals surface area contributed by atoms with Crippen molar-refractivity contribution in [3.63, 3.8) is 0 Å². The summed E-state index contributed by atoms with van der Waals surface area (Å²) in [4.78, 5) is 47.2. The van der Waals surface area contributed by atoms with Crippen molar-refractivity contribution in [1.29, 1.82) is 0 Å². The van der Waals surface area contributed by atoms with Gasteiger partial charge in [-0.1, -0.05) is 19.6 Å². The Balaban J connectivity index is 0.000000322. The average molecular weight is 1110 g/mol. The van der Waals surface area contributed by atoms with Gasteiger partial charge in [0.15, 0.2) is 0 Å². The summed E-state index contributed by atoms with van der Waals surface area (Å²) in [5.74, 6) is 0.568. The Morgan fingerprint density at radius 1 is 0.608 bits per heavy atom. The van der Waals surface area contributed by atoms with Gasteiger partial charge in [-0.25, -0.2) is 50.6 Å². The first-order valence-electron chi connectivity index (χ1n) is 24.7. The average Bonchev–Trinajstić information content (AvgIpc) is 3.93. The second-order valence-corrected chi connectivity index (χ2v) is 27.6. The molecular weight excluding hydrogens is 1020 g/mol. The van der Waals surface area contributed by atoms with Crippen LogP contribution in [0.1, 0.15) is 171 Å². The van der Waals surface area contributed by atoms with Gasteiger partial charge in [-0.15, -0.1) is 22.7 Å². The van der Waals surface area contributed by atoms with Crippen LogP contribution in [-0.4, -0.2) is 86.1 Å². The van der Waals surface area contributed by atoms with Crippen molar-refractivity contribution >= 4 is 72.4 Å². The van der Waals surface area contributed by atoms with Crippen molar-refractivity contribution in [1.82, 2.24) is 24.7 Å². The molecule has 7 N–H and O–H groups in total. The van der Waals surface area contributed by atoms with Gasteiger partial charge in [0, 0.05) is 69.9 Å². The van der Waals surface area contributed by atoms with Crippen LogP contribution in [0, 0.1) is 0 Å². The van der Waals surface area contributed by atoms with Crippen LogP contribution >= 0.6 is 22.7 Å². The Kier molecular flexibility index (Phi) is 21.2. The Bertz CT molecular complexity index is 2760. The minimum absolute atomic E-state index is 0. The van der Waals surface area contributed by atoms with E-state index in [1.807, 2.05) is 20.8 Å². The van der Waals surface area contributed by atoms with E-state index in [-0.39, 0.29) is 47.4 Å². The van der Waals surface area contributed by atoms with E-state index in [4.69, 9.17) is 19.9 Å². The number of nitrogens with two attached hydrogens (primary N) is 1. The van der Waals surface area contributed by atoms with Crippen LogP contribution in [-0.2, 0) is 34.3 Å². The van der Waals surface area contributed by atoms with Crippen LogP contribution in [0.15, 0.2) is 58.6 Å². The Morgan fingerprint density at radius 3 is 1.34 bits per heavy atom. The first-order valence-corrected chi connectivity index (χ1v) is 29.3. The number of hydrogen-bond donors (Lipinski definition) is 6. The van der Waals surface area contributed by atoms with Gasteiger partial charge in [-0.2, -0.15) is 0 Å². The molecule has 2 aliphatic carbocycles. The number of rotatable bonds is 13. The summed E-state index contributed by atoms with van der Waals surface area (Å²) in [7, 11) is -7.82. The molecule has 3 amide bonds. The van der Waals surface area contributed by atoms with E-state index in [0.29, 0.717) is 28.4 Å². The van der Waals surface area contributed by atoms with Crippen molar-refractivity contribution in [3.05, 3.63) is 58.8 Å². The third-order valence-electron chi connectivity index (χ3n) is 11.1. The Hall–Kier alpha value is -4.71. The fourth-order valence-corrected chi connectivity index (χ4v) is 13.9. The molecule has 74 heavy (non-hydrogen) atoms. The highest BCUT2D eigenvalue weighted by molar-refractivity contribution is 7.90. The van der Waals surface area contributed by atoms with Gasteiger partial charge < -0.3 is 25.3 Å². The number of benzene rings is 2. The zero-order valence-corrected chi connectivity index (χ0v) is 47.7. The normalized spacial score (nSPS) is 18.6. The highest BCUT2D eigenvalue weighted by Crippen LogP contribution is 2.42. The maximum Gasteiger partial charge on any atom is 0.411 e. The molecule has 6 rings (SSSR count). The van der Waals surface area contributed by atoms with Gasteiger partial charge in [-0.05, 0) is 166 Å². The number of carbonyl (C=O) groups excluding carboxylic acids is 3. The second kappa shape index (κ2) is 25.4. The third kappa shape index (κ3) is 19.1. The number of sulfonamides is 2. The number of thiazole rings is 2. The van der Waals surface area contributed by atoms with E-state index in [9.17, 15) is 31.2 Å². The van der Waals surface area contributed by atoms with Gasteiger partial charge in [0.05, 0.1) is 41.8 Å². The molecule has 2 aromatic heterocycles. The predicted octanol–water partition coefficient (Wildman–Crippen LogP) is 11.9. The SMILES string of the molecule is C.CC(C)OC(=O)Nc1ccc(-c2cnc(C3CCC(N)CC3)s2)c(S(=O)(=O)NC(C)(C)C)c1.CC(C)OC(=O)Nc1ccc(-c2cnc(C3CCC(NC(=O)OC(C)(C)C)CC3)s2)c(S(=O)(=O)NC(C)(C)C)c1. The van der Waals surface area contributed by atoms with Crippen molar-refractivity contribution < 1.29 is 45.4 Å². The molecule has 2 aliphatic rings. The molecule has 0 aliphatic heterocycles. The van der Waals surface area contributed by atoms with Crippen molar-refractivity contribution in [2.75, 3.05) is 10.6 Å². The zero-order valence-electron chi connectivity index (χ0n) is 44.4. The first kappa shape index (κ1) is 61.8. The molecule has 4 aromatic rings. The standard InChI is InChI=1S/C28H42N4O6S2.C23H34N4O4S2.CH4/c1-17(2)37-25(33)31-20-13-14-21(23(15-20)40(35,36)32-27(3,4)5)22-16-29-24(39-22)18-9-11-19(12-10-18)30-26(34)38-28(6,7)8;1-14(2)31-22(28)26-17-10-11-18(20(12-17)33(29,30)27-23(3,4)5)19-13-25-21(32-19)15-6-8-16(24)9-7-15;/h13-19,32H,9-12H2,1-8H3,(H,30,34)(H,31,33);10-16,27H,6-9,24H2,1-5H3,(H,26,28);1H4. The molecule has 22 heteroatoms. The lowest BCUT2D eigenvalue weighted by Crippen LogP contribution is -2.40. The summed E-state index contributed by atoms with van der Waals surface area (Å²) in [6, 6.07) is 9.92. The minimum Gasteiger partial charge on any atom is -0.447 e. The van der Waals surface area contributed by atoms with Crippen LogP contribution in [0.5, 0.6) is 0 Å². The van der Waals surface area contributed by atoms with E-state index in [2.05, 4.69) is 35.4 Å². The molecule has 0 bridgehead atoms. The lowest BCUT2D eigenvalue weighted by molar-refractivity contribution is 0.0490. The molecule has 2 fully saturated rings. The predicted molar refractivity (Wildman–Crippen MR) is 296 cm³/mol. The van der Waals surface area contributed by atoms with Crippen molar-refractivity contribution in [2.24, 2.45) is 5.73 Å². The number of amides is 3. The quantitative estimate of drug-likeness (QED) is 0.0682.